The normalized spacial score (nSPS) is 34.0. The Morgan fingerprint density at radius 2 is 2.22 bits per heavy atom. The third kappa shape index (κ3) is 2.05. The van der Waals surface area contributed by atoms with E-state index in [0.717, 1.165) is 23.4 Å². The van der Waals surface area contributed by atoms with Crippen LogP contribution in [0.15, 0.2) is 17.3 Å². The highest BCUT2D eigenvalue weighted by molar-refractivity contribution is 8.00. The number of aromatic nitrogens is 1. The number of thioether (sulfide) groups is 1. The maximum Gasteiger partial charge on any atom is 0.229 e. The Morgan fingerprint density at radius 1 is 1.43 bits per heavy atom. The Kier molecular flexibility index (Phi) is 3.14. The smallest absolute Gasteiger partial charge is 0.229 e. The van der Waals surface area contributed by atoms with Crippen LogP contribution in [0.3, 0.4) is 0 Å². The van der Waals surface area contributed by atoms with Crippen molar-refractivity contribution in [2.24, 2.45) is 11.3 Å². The van der Waals surface area contributed by atoms with Crippen LogP contribution < -0.4 is 0 Å². The summed E-state index contributed by atoms with van der Waals surface area (Å²) in [6.07, 6.45) is 5.65. The van der Waals surface area contributed by atoms with Crippen LogP contribution in [0.4, 0.5) is 0 Å². The number of nitrogens with zero attached hydrogens (tertiary/aromatic N) is 4. The summed E-state index contributed by atoms with van der Waals surface area (Å²) in [6, 6.07) is 4.50. The first kappa shape index (κ1) is 14.5. The minimum Gasteiger partial charge on any atom is -0.334 e. The summed E-state index contributed by atoms with van der Waals surface area (Å²) >= 11 is 1.70. The number of nitriles is 2. The van der Waals surface area contributed by atoms with Gasteiger partial charge in [-0.05, 0) is 19.3 Å². The molecule has 1 aromatic heterocycles. The number of hydrogen-bond acceptors (Lipinski definition) is 5. The molecule has 2 aliphatic heterocycles. The lowest BCUT2D eigenvalue weighted by molar-refractivity contribution is -0.148. The predicted octanol–water partition coefficient (Wildman–Crippen LogP) is 2.64. The van der Waals surface area contributed by atoms with Gasteiger partial charge in [0.1, 0.15) is 6.07 Å². The second kappa shape index (κ2) is 4.97. The van der Waals surface area contributed by atoms with Crippen molar-refractivity contribution in [1.82, 2.24) is 9.88 Å². The second-order valence-electron chi connectivity index (χ2n) is 6.96. The molecule has 23 heavy (non-hydrogen) atoms. The van der Waals surface area contributed by atoms with Crippen LogP contribution in [0.1, 0.15) is 43.4 Å². The molecular weight excluding hydrogens is 308 g/mol. The molecule has 5 nitrogen and oxygen atoms in total. The molecule has 4 rings (SSSR count). The van der Waals surface area contributed by atoms with Crippen LogP contribution in [0.2, 0.25) is 0 Å². The van der Waals surface area contributed by atoms with Gasteiger partial charge in [0, 0.05) is 46.0 Å². The van der Waals surface area contributed by atoms with Gasteiger partial charge in [-0.2, -0.15) is 10.5 Å². The average Bonchev–Trinajstić information content (AvgIpc) is 2.88. The van der Waals surface area contributed by atoms with Crippen LogP contribution in [0.25, 0.3) is 0 Å². The van der Waals surface area contributed by atoms with E-state index < -0.39 is 5.41 Å². The van der Waals surface area contributed by atoms with Gasteiger partial charge in [-0.25, -0.2) is 0 Å². The third-order valence-corrected chi connectivity index (χ3v) is 6.67. The number of likely N-dealkylation sites (tertiary alicyclic amines) is 1. The zero-order valence-electron chi connectivity index (χ0n) is 12.8. The van der Waals surface area contributed by atoms with Gasteiger partial charge in [0.25, 0.3) is 0 Å². The Balaban J connectivity index is 1.65. The van der Waals surface area contributed by atoms with Crippen molar-refractivity contribution in [1.29, 1.82) is 10.5 Å². The molecule has 1 aromatic rings. The second-order valence-corrected chi connectivity index (χ2v) is 8.27. The number of rotatable bonds is 1. The Morgan fingerprint density at radius 3 is 2.91 bits per heavy atom. The SMILES string of the molecule is CC1(C(=O)N2C[C@@H]3C[C@H]2c2cncc(C#N)c2S3)CC(C#N)C1. The molecular formula is C17H16N4OS. The predicted molar refractivity (Wildman–Crippen MR) is 84.1 cm³/mol. The van der Waals surface area contributed by atoms with Crippen LogP contribution in [-0.4, -0.2) is 27.6 Å². The maximum atomic E-state index is 13.0. The molecule has 1 saturated carbocycles. The van der Waals surface area contributed by atoms with Crippen LogP contribution in [0, 0.1) is 34.0 Å². The van der Waals surface area contributed by atoms with Gasteiger partial charge in [-0.1, -0.05) is 6.92 Å². The topological polar surface area (TPSA) is 80.8 Å². The van der Waals surface area contributed by atoms with E-state index in [2.05, 4.69) is 17.1 Å². The Hall–Kier alpha value is -2.05. The van der Waals surface area contributed by atoms with Gasteiger partial charge in [-0.15, -0.1) is 11.8 Å². The quantitative estimate of drug-likeness (QED) is 0.793. The van der Waals surface area contributed by atoms with Crippen molar-refractivity contribution in [3.8, 4) is 12.1 Å². The highest BCUT2D eigenvalue weighted by Crippen LogP contribution is 2.53. The number of carbonyl (C=O) groups excluding carboxylic acids is 1. The summed E-state index contributed by atoms with van der Waals surface area (Å²) in [5.74, 6) is 0.173. The minimum atomic E-state index is -0.400. The van der Waals surface area contributed by atoms with Gasteiger partial charge in [0.15, 0.2) is 0 Å². The average molecular weight is 324 g/mol. The summed E-state index contributed by atoms with van der Waals surface area (Å²) in [4.78, 5) is 20.2. The van der Waals surface area contributed by atoms with Gasteiger partial charge in [0.05, 0.1) is 17.7 Å². The number of pyridine rings is 1. The van der Waals surface area contributed by atoms with Gasteiger partial charge in [0.2, 0.25) is 5.91 Å². The summed E-state index contributed by atoms with van der Waals surface area (Å²) in [7, 11) is 0. The standard InChI is InChI=1S/C17H16N4OS/c1-17(3-10(4-17)5-18)16(22)21-9-12-2-14(21)13-8-20-7-11(6-19)15(13)23-12/h7-8,10,12,14H,2-4,9H2,1H3/t10?,12-,14-,17?/m0/s1. The number of amides is 1. The summed E-state index contributed by atoms with van der Waals surface area (Å²) in [6.45, 7) is 2.70. The molecule has 2 atom stereocenters. The monoisotopic (exact) mass is 324 g/mol. The molecule has 3 aliphatic rings. The Bertz CT molecular complexity index is 772. The fourth-order valence-electron chi connectivity index (χ4n) is 4.12. The van der Waals surface area contributed by atoms with Crippen molar-refractivity contribution < 1.29 is 4.79 Å². The molecule has 0 radical (unpaired) electrons. The first-order chi connectivity index (χ1) is 11.1. The highest BCUT2D eigenvalue weighted by atomic mass is 32.2. The van der Waals surface area contributed by atoms with Gasteiger partial charge in [-0.3, -0.25) is 9.78 Å². The van der Waals surface area contributed by atoms with Gasteiger partial charge >= 0.3 is 0 Å². The lowest BCUT2D eigenvalue weighted by Crippen LogP contribution is -2.49. The van der Waals surface area contributed by atoms with Crippen molar-refractivity contribution in [2.75, 3.05) is 6.54 Å². The minimum absolute atomic E-state index is 0.0134. The Labute approximate surface area is 139 Å². The molecule has 6 heteroatoms. The number of fused-ring (bicyclic) bond motifs is 4. The van der Waals surface area contributed by atoms with E-state index in [1.165, 1.54) is 0 Å². The lowest BCUT2D eigenvalue weighted by Gasteiger charge is -2.44. The van der Waals surface area contributed by atoms with E-state index in [9.17, 15) is 10.1 Å². The van der Waals surface area contributed by atoms with Gasteiger partial charge < -0.3 is 4.90 Å². The number of carbonyl (C=O) groups is 1. The van der Waals surface area contributed by atoms with E-state index in [0.29, 0.717) is 23.7 Å². The molecule has 2 fully saturated rings. The largest absolute Gasteiger partial charge is 0.334 e. The lowest BCUT2D eigenvalue weighted by atomic mass is 9.63. The zero-order chi connectivity index (χ0) is 16.2. The first-order valence-electron chi connectivity index (χ1n) is 7.81. The molecule has 3 heterocycles. The van der Waals surface area contributed by atoms with E-state index >= 15 is 0 Å². The summed E-state index contributed by atoms with van der Waals surface area (Å²) in [5, 5.41) is 18.6. The molecule has 1 saturated heterocycles. The van der Waals surface area contributed by atoms with Crippen molar-refractivity contribution >= 4 is 17.7 Å². The van der Waals surface area contributed by atoms with E-state index in [1.54, 1.807) is 24.2 Å². The fourth-order valence-corrected chi connectivity index (χ4v) is 5.52. The molecule has 1 amide bonds. The summed E-state index contributed by atoms with van der Waals surface area (Å²) < 4.78 is 0. The highest BCUT2D eigenvalue weighted by Gasteiger charge is 2.52. The third-order valence-electron chi connectivity index (χ3n) is 5.30. The fraction of sp³-hybridized carbons (Fsp3) is 0.529. The van der Waals surface area contributed by atoms with E-state index in [1.807, 2.05) is 11.8 Å². The molecule has 116 valence electrons. The molecule has 0 N–H and O–H groups in total. The van der Waals surface area contributed by atoms with Crippen LogP contribution >= 0.6 is 11.8 Å². The maximum absolute atomic E-state index is 13.0. The van der Waals surface area contributed by atoms with E-state index in [4.69, 9.17) is 5.26 Å². The molecule has 2 bridgehead atoms. The molecule has 0 aromatic carbocycles. The zero-order valence-corrected chi connectivity index (χ0v) is 13.6. The van der Waals surface area contributed by atoms with Crippen LogP contribution in [0.5, 0.6) is 0 Å². The molecule has 0 spiro atoms. The van der Waals surface area contributed by atoms with E-state index in [-0.39, 0.29) is 17.9 Å². The van der Waals surface area contributed by atoms with Crippen LogP contribution in [-0.2, 0) is 4.79 Å². The molecule has 0 unspecified atom stereocenters. The number of hydrogen-bond donors (Lipinski definition) is 0. The van der Waals surface area contributed by atoms with Crippen molar-refractivity contribution in [2.45, 2.75) is 42.4 Å². The summed E-state index contributed by atoms with van der Waals surface area (Å²) in [5.41, 5.74) is 1.22. The van der Waals surface area contributed by atoms with Crippen molar-refractivity contribution in [3.63, 3.8) is 0 Å². The first-order valence-corrected chi connectivity index (χ1v) is 8.69. The molecule has 1 aliphatic carbocycles. The van der Waals surface area contributed by atoms with Crippen molar-refractivity contribution in [3.05, 3.63) is 23.5 Å².